The van der Waals surface area contributed by atoms with Gasteiger partial charge in [-0.05, 0) is 41.9 Å². The molecule has 8 nitrogen and oxygen atoms in total. The third kappa shape index (κ3) is 4.42. The highest BCUT2D eigenvalue weighted by Gasteiger charge is 2.56. The van der Waals surface area contributed by atoms with E-state index >= 15 is 0 Å². The monoisotopic (exact) mass is 464 g/mol. The number of hydrogen-bond acceptors (Lipinski definition) is 8. The molecule has 0 amide bonds. The molecule has 33 heavy (non-hydrogen) atoms. The topological polar surface area (TPSA) is 92.2 Å². The highest BCUT2D eigenvalue weighted by molar-refractivity contribution is 7.90. The molecule has 0 bridgehead atoms. The maximum atomic E-state index is 11.6. The molecule has 0 spiro atoms. The van der Waals surface area contributed by atoms with Gasteiger partial charge in [0.2, 0.25) is 5.95 Å². The summed E-state index contributed by atoms with van der Waals surface area (Å²) in [4.78, 5) is 23.0. The molecule has 5 rings (SSSR count). The van der Waals surface area contributed by atoms with E-state index in [0.717, 1.165) is 49.1 Å². The van der Waals surface area contributed by atoms with E-state index in [-0.39, 0.29) is 0 Å². The van der Waals surface area contributed by atoms with Gasteiger partial charge in [-0.2, -0.15) is 0 Å². The highest BCUT2D eigenvalue weighted by Crippen LogP contribution is 2.52. The Hall–Kier alpha value is -3.07. The molecule has 1 aromatic carbocycles. The van der Waals surface area contributed by atoms with Crippen molar-refractivity contribution >= 4 is 21.6 Å². The van der Waals surface area contributed by atoms with Crippen LogP contribution in [-0.4, -0.2) is 61.3 Å². The summed E-state index contributed by atoms with van der Waals surface area (Å²) in [5, 5.41) is 0. The molecule has 172 valence electrons. The number of aromatic nitrogens is 4. The molecule has 1 aliphatic heterocycles. The predicted molar refractivity (Wildman–Crippen MR) is 128 cm³/mol. The standard InChI is InChI=1S/C24H28N6O2S/c1-4-16-9-27-24(28-10-16)30-14-20-19(21(20)15-30)13-29(2)23-12-25-22(11-26-23)17-5-7-18(8-6-17)33(3,31)32/h5-12,19-21H,4,13-15H2,1-3H3/t19?,20-,21+. The average Bonchev–Trinajstić information content (AvgIpc) is 3.25. The van der Waals surface area contributed by atoms with Gasteiger partial charge in [-0.15, -0.1) is 0 Å². The van der Waals surface area contributed by atoms with Crippen LogP contribution in [0.1, 0.15) is 12.5 Å². The number of aryl methyl sites for hydroxylation is 1. The van der Waals surface area contributed by atoms with Gasteiger partial charge in [0.05, 0.1) is 23.0 Å². The number of anilines is 2. The summed E-state index contributed by atoms with van der Waals surface area (Å²) < 4.78 is 23.3. The van der Waals surface area contributed by atoms with Crippen molar-refractivity contribution in [2.75, 3.05) is 42.7 Å². The van der Waals surface area contributed by atoms with Crippen LogP contribution < -0.4 is 9.80 Å². The number of fused-ring (bicyclic) bond motifs is 1. The van der Waals surface area contributed by atoms with E-state index in [1.165, 1.54) is 11.8 Å². The molecule has 2 aliphatic rings. The van der Waals surface area contributed by atoms with Gasteiger partial charge in [-0.3, -0.25) is 4.98 Å². The fourth-order valence-corrected chi connectivity index (χ4v) is 5.36. The first kappa shape index (κ1) is 21.8. The van der Waals surface area contributed by atoms with Crippen molar-refractivity contribution in [2.24, 2.45) is 17.8 Å². The van der Waals surface area contributed by atoms with Crippen molar-refractivity contribution in [2.45, 2.75) is 18.2 Å². The Labute approximate surface area is 194 Å². The Bertz CT molecular complexity index is 1220. The van der Waals surface area contributed by atoms with Crippen molar-refractivity contribution in [1.82, 2.24) is 19.9 Å². The number of sulfone groups is 1. The number of hydrogen-bond donors (Lipinski definition) is 0. The fraction of sp³-hybridized carbons (Fsp3) is 0.417. The molecular formula is C24H28N6O2S. The van der Waals surface area contributed by atoms with E-state index in [9.17, 15) is 8.42 Å². The van der Waals surface area contributed by atoms with Gasteiger partial charge in [-0.25, -0.2) is 23.4 Å². The van der Waals surface area contributed by atoms with E-state index in [2.05, 4.69) is 43.7 Å². The predicted octanol–water partition coefficient (Wildman–Crippen LogP) is 2.72. The first-order chi connectivity index (χ1) is 15.8. The highest BCUT2D eigenvalue weighted by atomic mass is 32.2. The smallest absolute Gasteiger partial charge is 0.225 e. The van der Waals surface area contributed by atoms with Gasteiger partial charge in [0, 0.05) is 50.9 Å². The van der Waals surface area contributed by atoms with Gasteiger partial charge in [0.25, 0.3) is 0 Å². The lowest BCUT2D eigenvalue weighted by molar-refractivity contribution is 0.602. The molecule has 3 aromatic rings. The largest absolute Gasteiger partial charge is 0.358 e. The number of piperidine rings is 1. The van der Waals surface area contributed by atoms with Crippen molar-refractivity contribution in [3.05, 3.63) is 54.6 Å². The maximum Gasteiger partial charge on any atom is 0.225 e. The second-order valence-electron chi connectivity index (χ2n) is 9.08. The van der Waals surface area contributed by atoms with Gasteiger partial charge < -0.3 is 9.80 Å². The normalized spacial score (nSPS) is 21.7. The minimum atomic E-state index is -3.21. The van der Waals surface area contributed by atoms with E-state index in [0.29, 0.717) is 22.6 Å². The minimum absolute atomic E-state index is 0.300. The van der Waals surface area contributed by atoms with Gasteiger partial charge >= 0.3 is 0 Å². The van der Waals surface area contributed by atoms with Gasteiger partial charge in [0.15, 0.2) is 9.84 Å². The quantitative estimate of drug-likeness (QED) is 0.527. The third-order valence-electron chi connectivity index (χ3n) is 6.85. The van der Waals surface area contributed by atoms with E-state index in [1.807, 2.05) is 12.4 Å². The molecule has 1 saturated carbocycles. The van der Waals surface area contributed by atoms with Crippen molar-refractivity contribution in [1.29, 1.82) is 0 Å². The first-order valence-electron chi connectivity index (χ1n) is 11.2. The lowest BCUT2D eigenvalue weighted by atomic mass is 10.2. The molecule has 1 aliphatic carbocycles. The Kier molecular flexibility index (Phi) is 5.52. The van der Waals surface area contributed by atoms with Crippen LogP contribution in [-0.2, 0) is 16.3 Å². The first-order valence-corrected chi connectivity index (χ1v) is 13.1. The lowest BCUT2D eigenvalue weighted by Gasteiger charge is -2.23. The lowest BCUT2D eigenvalue weighted by Crippen LogP contribution is -2.30. The number of nitrogens with zero attached hydrogens (tertiary/aromatic N) is 6. The SMILES string of the molecule is CCc1cnc(N2C[C@@H]3C(CN(C)c4cnc(-c5ccc(S(C)(=O)=O)cc5)cn4)[C@@H]3C2)nc1. The third-order valence-corrected chi connectivity index (χ3v) is 7.97. The van der Waals surface area contributed by atoms with Crippen LogP contribution in [0.4, 0.5) is 11.8 Å². The molecule has 2 aromatic heterocycles. The number of benzene rings is 1. The average molecular weight is 465 g/mol. The second kappa shape index (κ2) is 8.37. The Balaban J connectivity index is 1.17. The van der Waals surface area contributed by atoms with E-state index in [1.54, 1.807) is 36.7 Å². The minimum Gasteiger partial charge on any atom is -0.358 e. The summed E-state index contributed by atoms with van der Waals surface area (Å²) in [6.45, 7) is 5.10. The van der Waals surface area contributed by atoms with Crippen LogP contribution in [0, 0.1) is 17.8 Å². The van der Waals surface area contributed by atoms with E-state index in [4.69, 9.17) is 0 Å². The molecule has 9 heteroatoms. The maximum absolute atomic E-state index is 11.6. The second-order valence-corrected chi connectivity index (χ2v) is 11.1. The molecule has 2 fully saturated rings. The Morgan fingerprint density at radius 3 is 2.18 bits per heavy atom. The summed E-state index contributed by atoms with van der Waals surface area (Å²) in [5.74, 6) is 3.71. The van der Waals surface area contributed by atoms with Crippen molar-refractivity contribution in [3.8, 4) is 11.3 Å². The van der Waals surface area contributed by atoms with Crippen molar-refractivity contribution in [3.63, 3.8) is 0 Å². The van der Waals surface area contributed by atoms with E-state index < -0.39 is 9.84 Å². The summed E-state index contributed by atoms with van der Waals surface area (Å²) in [5.41, 5.74) is 2.73. The van der Waals surface area contributed by atoms with Gasteiger partial charge in [-0.1, -0.05) is 19.1 Å². The van der Waals surface area contributed by atoms with Crippen LogP contribution in [0.3, 0.4) is 0 Å². The van der Waals surface area contributed by atoms with Crippen LogP contribution in [0.5, 0.6) is 0 Å². The molecule has 1 saturated heterocycles. The Morgan fingerprint density at radius 1 is 0.970 bits per heavy atom. The summed E-state index contributed by atoms with van der Waals surface area (Å²) >= 11 is 0. The molecule has 3 atom stereocenters. The molecule has 0 radical (unpaired) electrons. The zero-order valence-electron chi connectivity index (χ0n) is 19.1. The van der Waals surface area contributed by atoms with Gasteiger partial charge in [0.1, 0.15) is 5.82 Å². The molecule has 1 unspecified atom stereocenters. The van der Waals surface area contributed by atoms with Crippen molar-refractivity contribution < 1.29 is 8.42 Å². The van der Waals surface area contributed by atoms with Crippen LogP contribution in [0.2, 0.25) is 0 Å². The number of rotatable bonds is 7. The molecular weight excluding hydrogens is 436 g/mol. The zero-order valence-corrected chi connectivity index (χ0v) is 19.9. The zero-order chi connectivity index (χ0) is 23.2. The van der Waals surface area contributed by atoms with Crippen LogP contribution >= 0.6 is 0 Å². The summed E-state index contributed by atoms with van der Waals surface area (Å²) in [7, 11) is -1.15. The molecule has 0 N–H and O–H groups in total. The van der Waals surface area contributed by atoms with Crippen LogP contribution in [0.15, 0.2) is 53.9 Å². The van der Waals surface area contributed by atoms with Crippen LogP contribution in [0.25, 0.3) is 11.3 Å². The fourth-order valence-electron chi connectivity index (χ4n) is 4.73. The summed E-state index contributed by atoms with van der Waals surface area (Å²) in [6, 6.07) is 6.73. The summed E-state index contributed by atoms with van der Waals surface area (Å²) in [6.07, 6.45) is 9.55. The molecule has 3 heterocycles. The Morgan fingerprint density at radius 2 is 1.64 bits per heavy atom.